The molecular formula is C22H17Cl2N3OS. The first-order valence-corrected chi connectivity index (χ1v) is 9.89. The molecule has 1 aromatic heterocycles. The van der Waals surface area contributed by atoms with Gasteiger partial charge in [0.2, 0.25) is 5.91 Å². The van der Waals surface area contributed by atoms with Crippen molar-refractivity contribution in [3.8, 4) is 0 Å². The molecule has 3 rings (SSSR count). The minimum atomic E-state index is -0.358. The van der Waals surface area contributed by atoms with Gasteiger partial charge in [-0.15, -0.1) is 0 Å². The molecule has 146 valence electrons. The van der Waals surface area contributed by atoms with E-state index in [9.17, 15) is 4.79 Å². The number of thiocarbonyl (C=S) groups is 1. The Bertz CT molecular complexity index is 1040. The summed E-state index contributed by atoms with van der Waals surface area (Å²) in [5, 5.41) is 6.81. The Hall–Kier alpha value is -2.73. The van der Waals surface area contributed by atoms with Gasteiger partial charge in [-0.25, -0.2) is 0 Å². The maximum atomic E-state index is 12.1. The van der Waals surface area contributed by atoms with Crippen LogP contribution in [0, 0.1) is 0 Å². The second kappa shape index (κ2) is 10.2. The molecule has 0 aliphatic rings. The topological polar surface area (TPSA) is 54.0 Å². The molecule has 0 bridgehead atoms. The van der Waals surface area contributed by atoms with Crippen molar-refractivity contribution in [3.05, 3.63) is 99.8 Å². The van der Waals surface area contributed by atoms with Gasteiger partial charge in [0.15, 0.2) is 5.11 Å². The average Bonchev–Trinajstić information content (AvgIpc) is 2.69. The van der Waals surface area contributed by atoms with E-state index in [0.29, 0.717) is 15.6 Å². The van der Waals surface area contributed by atoms with E-state index in [1.54, 1.807) is 36.7 Å². The van der Waals surface area contributed by atoms with Gasteiger partial charge in [-0.05, 0) is 77.8 Å². The SMILES string of the molecule is O=C(/C=C/c1ccc(Cl)cc1Cl)NC(=S)Nc1ccc(Cc2ccncc2)cc1. The molecular weight excluding hydrogens is 425 g/mol. The molecule has 2 aromatic carbocycles. The highest BCUT2D eigenvalue weighted by Crippen LogP contribution is 2.21. The lowest BCUT2D eigenvalue weighted by Gasteiger charge is -2.09. The summed E-state index contributed by atoms with van der Waals surface area (Å²) in [7, 11) is 0. The quantitative estimate of drug-likeness (QED) is 0.405. The highest BCUT2D eigenvalue weighted by atomic mass is 35.5. The van der Waals surface area contributed by atoms with E-state index >= 15 is 0 Å². The number of amides is 1. The molecule has 1 heterocycles. The number of halogens is 2. The van der Waals surface area contributed by atoms with Crippen molar-refractivity contribution < 1.29 is 4.79 Å². The van der Waals surface area contributed by atoms with Crippen LogP contribution in [0.1, 0.15) is 16.7 Å². The van der Waals surface area contributed by atoms with Gasteiger partial charge in [-0.2, -0.15) is 0 Å². The second-order valence-electron chi connectivity index (χ2n) is 6.17. The Morgan fingerprint density at radius 2 is 1.69 bits per heavy atom. The van der Waals surface area contributed by atoms with Crippen molar-refractivity contribution in [2.75, 3.05) is 5.32 Å². The van der Waals surface area contributed by atoms with E-state index in [2.05, 4.69) is 15.6 Å². The normalized spacial score (nSPS) is 10.7. The number of rotatable bonds is 5. The number of anilines is 1. The lowest BCUT2D eigenvalue weighted by molar-refractivity contribution is -0.115. The first-order valence-electron chi connectivity index (χ1n) is 8.72. The van der Waals surface area contributed by atoms with Gasteiger partial charge < -0.3 is 5.32 Å². The zero-order valence-electron chi connectivity index (χ0n) is 15.2. The van der Waals surface area contributed by atoms with Crippen molar-refractivity contribution in [2.24, 2.45) is 0 Å². The number of nitrogens with zero attached hydrogens (tertiary/aromatic N) is 1. The van der Waals surface area contributed by atoms with Crippen molar-refractivity contribution >= 4 is 58.2 Å². The lowest BCUT2D eigenvalue weighted by Crippen LogP contribution is -2.32. The number of carbonyl (C=O) groups excluding carboxylic acids is 1. The number of hydrogen-bond donors (Lipinski definition) is 2. The van der Waals surface area contributed by atoms with Crippen LogP contribution in [0.2, 0.25) is 10.0 Å². The molecule has 0 atom stereocenters. The third kappa shape index (κ3) is 6.68. The van der Waals surface area contributed by atoms with Gasteiger partial charge in [0.1, 0.15) is 0 Å². The summed E-state index contributed by atoms with van der Waals surface area (Å²) < 4.78 is 0. The fourth-order valence-corrected chi connectivity index (χ4v) is 3.25. The number of aromatic nitrogens is 1. The highest BCUT2D eigenvalue weighted by molar-refractivity contribution is 7.80. The molecule has 0 radical (unpaired) electrons. The fourth-order valence-electron chi connectivity index (χ4n) is 2.56. The van der Waals surface area contributed by atoms with Gasteiger partial charge in [-0.3, -0.25) is 15.1 Å². The number of nitrogens with one attached hydrogen (secondary N) is 2. The molecule has 29 heavy (non-hydrogen) atoms. The standard InChI is InChI=1S/C22H17Cl2N3OS/c23-18-5-3-17(20(24)14-18)4-8-21(28)27-22(29)26-19-6-1-15(2-7-19)13-16-9-11-25-12-10-16/h1-12,14H,13H2,(H2,26,27,28,29)/b8-4+. The Kier molecular flexibility index (Phi) is 7.36. The van der Waals surface area contributed by atoms with Gasteiger partial charge in [0.25, 0.3) is 0 Å². The van der Waals surface area contributed by atoms with Crippen LogP contribution in [0.25, 0.3) is 6.08 Å². The lowest BCUT2D eigenvalue weighted by atomic mass is 10.1. The van der Waals surface area contributed by atoms with E-state index in [-0.39, 0.29) is 11.0 Å². The molecule has 4 nitrogen and oxygen atoms in total. The second-order valence-corrected chi connectivity index (χ2v) is 7.42. The van der Waals surface area contributed by atoms with Crippen LogP contribution in [0.3, 0.4) is 0 Å². The molecule has 0 unspecified atom stereocenters. The monoisotopic (exact) mass is 441 g/mol. The summed E-state index contributed by atoms with van der Waals surface area (Å²) in [6, 6.07) is 16.9. The predicted octanol–water partition coefficient (Wildman–Crippen LogP) is 5.51. The van der Waals surface area contributed by atoms with Gasteiger partial charge >= 0.3 is 0 Å². The number of benzene rings is 2. The third-order valence-electron chi connectivity index (χ3n) is 3.98. The first kappa shape index (κ1) is 21.0. The van der Waals surface area contributed by atoms with E-state index in [1.165, 1.54) is 17.2 Å². The number of pyridine rings is 1. The van der Waals surface area contributed by atoms with E-state index in [4.69, 9.17) is 35.4 Å². The van der Waals surface area contributed by atoms with Crippen LogP contribution in [0.4, 0.5) is 5.69 Å². The molecule has 0 saturated heterocycles. The summed E-state index contributed by atoms with van der Waals surface area (Å²) in [6.07, 6.45) is 7.34. The van der Waals surface area contributed by atoms with Gasteiger partial charge in [0, 0.05) is 34.2 Å². The van der Waals surface area contributed by atoms with Gasteiger partial charge in [-0.1, -0.05) is 41.4 Å². The molecule has 0 aliphatic carbocycles. The van der Waals surface area contributed by atoms with E-state index in [0.717, 1.165) is 12.1 Å². The minimum Gasteiger partial charge on any atom is -0.332 e. The zero-order chi connectivity index (χ0) is 20.6. The third-order valence-corrected chi connectivity index (χ3v) is 4.75. The summed E-state index contributed by atoms with van der Waals surface area (Å²) >= 11 is 17.1. The van der Waals surface area contributed by atoms with Crippen molar-refractivity contribution in [3.63, 3.8) is 0 Å². The molecule has 0 saturated carbocycles. The Morgan fingerprint density at radius 3 is 2.38 bits per heavy atom. The fraction of sp³-hybridized carbons (Fsp3) is 0.0455. The molecule has 3 aromatic rings. The highest BCUT2D eigenvalue weighted by Gasteiger charge is 2.04. The molecule has 0 fully saturated rings. The number of carbonyl (C=O) groups is 1. The Labute approximate surface area is 184 Å². The molecule has 7 heteroatoms. The maximum absolute atomic E-state index is 12.1. The zero-order valence-corrected chi connectivity index (χ0v) is 17.6. The molecule has 2 N–H and O–H groups in total. The predicted molar refractivity (Wildman–Crippen MR) is 123 cm³/mol. The summed E-state index contributed by atoms with van der Waals surface area (Å²) in [5.41, 5.74) is 3.84. The largest absolute Gasteiger partial charge is 0.332 e. The van der Waals surface area contributed by atoms with E-state index in [1.807, 2.05) is 36.4 Å². The van der Waals surface area contributed by atoms with Crippen molar-refractivity contribution in [2.45, 2.75) is 6.42 Å². The van der Waals surface area contributed by atoms with Gasteiger partial charge in [0.05, 0.1) is 0 Å². The minimum absolute atomic E-state index is 0.212. The maximum Gasteiger partial charge on any atom is 0.250 e. The van der Waals surface area contributed by atoms with Crippen LogP contribution >= 0.6 is 35.4 Å². The molecule has 1 amide bonds. The molecule has 0 aliphatic heterocycles. The summed E-state index contributed by atoms with van der Waals surface area (Å²) in [5.74, 6) is -0.358. The summed E-state index contributed by atoms with van der Waals surface area (Å²) in [6.45, 7) is 0. The van der Waals surface area contributed by atoms with Crippen molar-refractivity contribution in [1.82, 2.24) is 10.3 Å². The molecule has 0 spiro atoms. The van der Waals surface area contributed by atoms with Crippen LogP contribution < -0.4 is 10.6 Å². The van der Waals surface area contributed by atoms with E-state index < -0.39 is 0 Å². The van der Waals surface area contributed by atoms with Crippen LogP contribution in [-0.2, 0) is 11.2 Å². The average molecular weight is 442 g/mol. The Balaban J connectivity index is 1.52. The van der Waals surface area contributed by atoms with Crippen LogP contribution in [0.5, 0.6) is 0 Å². The van der Waals surface area contributed by atoms with Crippen LogP contribution in [0.15, 0.2) is 73.1 Å². The van der Waals surface area contributed by atoms with Crippen molar-refractivity contribution in [1.29, 1.82) is 0 Å². The van der Waals surface area contributed by atoms with Crippen LogP contribution in [-0.4, -0.2) is 16.0 Å². The first-order chi connectivity index (χ1) is 14.0. The summed E-state index contributed by atoms with van der Waals surface area (Å²) in [4.78, 5) is 16.1. The number of hydrogen-bond acceptors (Lipinski definition) is 3. The smallest absolute Gasteiger partial charge is 0.250 e. The Morgan fingerprint density at radius 1 is 1.00 bits per heavy atom.